The highest BCUT2D eigenvalue weighted by atomic mass is 19.1. The number of rotatable bonds is 1. The summed E-state index contributed by atoms with van der Waals surface area (Å²) in [7, 11) is 1.44. The quantitative estimate of drug-likeness (QED) is 0.547. The summed E-state index contributed by atoms with van der Waals surface area (Å²) in [6.45, 7) is 1.56. The van der Waals surface area contributed by atoms with Crippen LogP contribution in [0.25, 0.3) is 0 Å². The van der Waals surface area contributed by atoms with E-state index in [1.54, 1.807) is 6.92 Å². The third-order valence-electron chi connectivity index (χ3n) is 1.17. The van der Waals surface area contributed by atoms with E-state index in [9.17, 15) is 4.39 Å². The molecular formula is C6H7FN2O. The summed E-state index contributed by atoms with van der Waals surface area (Å²) in [5.74, 6) is -0.251. The van der Waals surface area contributed by atoms with Crippen molar-refractivity contribution in [1.82, 2.24) is 9.97 Å². The second kappa shape index (κ2) is 2.60. The zero-order valence-corrected chi connectivity index (χ0v) is 5.76. The van der Waals surface area contributed by atoms with Crippen LogP contribution in [-0.2, 0) is 0 Å². The van der Waals surface area contributed by atoms with Crippen molar-refractivity contribution in [1.29, 1.82) is 0 Å². The van der Waals surface area contributed by atoms with Crippen LogP contribution in [0.1, 0.15) is 5.56 Å². The van der Waals surface area contributed by atoms with Gasteiger partial charge >= 0.3 is 0 Å². The molecule has 0 saturated carbocycles. The Bertz CT molecular complexity index is 239. The number of halogens is 1. The second-order valence-corrected chi connectivity index (χ2v) is 1.80. The normalized spacial score (nSPS) is 9.50. The minimum absolute atomic E-state index is 0.285. The Morgan fingerprint density at radius 3 is 2.70 bits per heavy atom. The van der Waals surface area contributed by atoms with Crippen molar-refractivity contribution in [3.63, 3.8) is 0 Å². The molecule has 1 rings (SSSR count). The minimum atomic E-state index is -0.535. The van der Waals surface area contributed by atoms with Gasteiger partial charge in [-0.3, -0.25) is 0 Å². The molecule has 0 aliphatic carbocycles. The van der Waals surface area contributed by atoms with Crippen LogP contribution < -0.4 is 4.74 Å². The van der Waals surface area contributed by atoms with Crippen LogP contribution in [0, 0.1) is 12.9 Å². The highest BCUT2D eigenvalue weighted by Crippen LogP contribution is 2.12. The lowest BCUT2D eigenvalue weighted by molar-refractivity contribution is 0.386. The van der Waals surface area contributed by atoms with Crippen LogP contribution >= 0.6 is 0 Å². The van der Waals surface area contributed by atoms with E-state index < -0.39 is 5.95 Å². The minimum Gasteiger partial charge on any atom is -0.481 e. The number of hydrogen-bond acceptors (Lipinski definition) is 3. The summed E-state index contributed by atoms with van der Waals surface area (Å²) in [6.07, 6.45) is 1.13. The molecule has 0 bridgehead atoms. The van der Waals surface area contributed by atoms with Crippen molar-refractivity contribution in [2.45, 2.75) is 6.92 Å². The highest BCUT2D eigenvalue weighted by Gasteiger charge is 2.04. The molecule has 54 valence electrons. The lowest BCUT2D eigenvalue weighted by Gasteiger charge is -2.00. The number of ether oxygens (including phenoxy) is 1. The molecule has 0 spiro atoms. The summed E-state index contributed by atoms with van der Waals surface area (Å²) in [6, 6.07) is 0. The summed E-state index contributed by atoms with van der Waals surface area (Å²) < 4.78 is 17.3. The molecule has 0 aliphatic rings. The van der Waals surface area contributed by atoms with Gasteiger partial charge in [-0.15, -0.1) is 0 Å². The molecule has 4 heteroatoms. The lowest BCUT2D eigenvalue weighted by Crippen LogP contribution is -1.95. The molecule has 0 fully saturated rings. The van der Waals surface area contributed by atoms with E-state index in [2.05, 4.69) is 9.97 Å². The maximum Gasteiger partial charge on any atom is 0.222 e. The molecule has 1 aromatic rings. The van der Waals surface area contributed by atoms with Crippen LogP contribution in [0.4, 0.5) is 4.39 Å². The largest absolute Gasteiger partial charge is 0.481 e. The van der Waals surface area contributed by atoms with Gasteiger partial charge in [-0.25, -0.2) is 9.97 Å². The Morgan fingerprint density at radius 2 is 2.20 bits per heavy atom. The van der Waals surface area contributed by atoms with Gasteiger partial charge in [0.15, 0.2) is 0 Å². The summed E-state index contributed by atoms with van der Waals surface area (Å²) in [4.78, 5) is 7.01. The van der Waals surface area contributed by atoms with E-state index in [0.29, 0.717) is 5.56 Å². The first-order valence-electron chi connectivity index (χ1n) is 2.76. The van der Waals surface area contributed by atoms with Gasteiger partial charge in [0.25, 0.3) is 0 Å². The van der Waals surface area contributed by atoms with Crippen molar-refractivity contribution in [2.75, 3.05) is 7.11 Å². The molecule has 0 saturated heterocycles. The van der Waals surface area contributed by atoms with Crippen LogP contribution in [0.15, 0.2) is 6.33 Å². The molecule has 0 aromatic carbocycles. The topological polar surface area (TPSA) is 35.0 Å². The summed E-state index contributed by atoms with van der Waals surface area (Å²) >= 11 is 0. The lowest BCUT2D eigenvalue weighted by atomic mass is 10.4. The van der Waals surface area contributed by atoms with Crippen molar-refractivity contribution in [3.05, 3.63) is 17.8 Å². The van der Waals surface area contributed by atoms with Gasteiger partial charge < -0.3 is 4.74 Å². The zero-order valence-electron chi connectivity index (χ0n) is 5.76. The summed E-state index contributed by atoms with van der Waals surface area (Å²) in [5, 5.41) is 0. The highest BCUT2D eigenvalue weighted by molar-refractivity contribution is 5.20. The van der Waals surface area contributed by atoms with E-state index in [-0.39, 0.29) is 5.88 Å². The van der Waals surface area contributed by atoms with Gasteiger partial charge in [0.05, 0.1) is 12.7 Å². The number of methoxy groups -OCH3 is 1. The van der Waals surface area contributed by atoms with E-state index >= 15 is 0 Å². The summed E-state index contributed by atoms with van der Waals surface area (Å²) in [5.41, 5.74) is 0.338. The average molecular weight is 142 g/mol. The maximum absolute atomic E-state index is 12.5. The molecular weight excluding hydrogens is 135 g/mol. The molecule has 3 nitrogen and oxygen atoms in total. The van der Waals surface area contributed by atoms with Gasteiger partial charge in [-0.05, 0) is 6.92 Å². The number of nitrogens with zero attached hydrogens (tertiary/aromatic N) is 2. The Kier molecular flexibility index (Phi) is 1.80. The molecule has 1 aromatic heterocycles. The Morgan fingerprint density at radius 1 is 1.50 bits per heavy atom. The smallest absolute Gasteiger partial charge is 0.222 e. The Labute approximate surface area is 57.9 Å². The molecule has 0 aliphatic heterocycles. The van der Waals surface area contributed by atoms with Gasteiger partial charge in [-0.1, -0.05) is 0 Å². The Balaban J connectivity index is 3.14. The first kappa shape index (κ1) is 6.92. The third-order valence-corrected chi connectivity index (χ3v) is 1.17. The van der Waals surface area contributed by atoms with Crippen LogP contribution in [-0.4, -0.2) is 17.1 Å². The predicted octanol–water partition coefficient (Wildman–Crippen LogP) is 0.933. The SMILES string of the molecule is COc1ncnc(F)c1C. The van der Waals surface area contributed by atoms with Gasteiger partial charge in [-0.2, -0.15) is 4.39 Å². The van der Waals surface area contributed by atoms with E-state index in [4.69, 9.17) is 4.74 Å². The molecule has 0 amide bonds. The van der Waals surface area contributed by atoms with E-state index in [1.807, 2.05) is 0 Å². The number of hydrogen-bond donors (Lipinski definition) is 0. The fourth-order valence-electron chi connectivity index (χ4n) is 0.620. The van der Waals surface area contributed by atoms with Gasteiger partial charge in [0.2, 0.25) is 11.8 Å². The molecule has 0 N–H and O–H groups in total. The second-order valence-electron chi connectivity index (χ2n) is 1.80. The van der Waals surface area contributed by atoms with Crippen LogP contribution in [0.3, 0.4) is 0 Å². The molecule has 0 atom stereocenters. The van der Waals surface area contributed by atoms with Crippen molar-refractivity contribution in [2.24, 2.45) is 0 Å². The third kappa shape index (κ3) is 1.05. The van der Waals surface area contributed by atoms with Crippen LogP contribution in [0.2, 0.25) is 0 Å². The van der Waals surface area contributed by atoms with E-state index in [0.717, 1.165) is 6.33 Å². The molecule has 10 heavy (non-hydrogen) atoms. The average Bonchev–Trinajstić information content (AvgIpc) is 1.95. The molecule has 1 heterocycles. The fourth-order valence-corrected chi connectivity index (χ4v) is 0.620. The monoisotopic (exact) mass is 142 g/mol. The zero-order chi connectivity index (χ0) is 7.56. The maximum atomic E-state index is 12.5. The Hall–Kier alpha value is -1.19. The van der Waals surface area contributed by atoms with Crippen LogP contribution in [0.5, 0.6) is 5.88 Å². The molecule has 0 radical (unpaired) electrons. The standard InChI is InChI=1S/C6H7FN2O/c1-4-5(7)8-3-9-6(4)10-2/h3H,1-2H3. The van der Waals surface area contributed by atoms with E-state index in [1.165, 1.54) is 7.11 Å². The predicted molar refractivity (Wildman–Crippen MR) is 33.3 cm³/mol. The number of aromatic nitrogens is 2. The first-order valence-corrected chi connectivity index (χ1v) is 2.76. The van der Waals surface area contributed by atoms with Gasteiger partial charge in [0.1, 0.15) is 6.33 Å². The fraction of sp³-hybridized carbons (Fsp3) is 0.333. The molecule has 0 unspecified atom stereocenters. The van der Waals surface area contributed by atoms with Crippen molar-refractivity contribution < 1.29 is 9.13 Å². The van der Waals surface area contributed by atoms with Crippen molar-refractivity contribution in [3.8, 4) is 5.88 Å². The van der Waals surface area contributed by atoms with Crippen molar-refractivity contribution >= 4 is 0 Å². The first-order chi connectivity index (χ1) is 4.75. The van der Waals surface area contributed by atoms with Gasteiger partial charge in [0, 0.05) is 0 Å².